The van der Waals surface area contributed by atoms with E-state index in [1.54, 1.807) is 0 Å². The summed E-state index contributed by atoms with van der Waals surface area (Å²) in [5.74, 6) is 3.96. The molecule has 1 aromatic rings. The lowest BCUT2D eigenvalue weighted by Crippen LogP contribution is -2.31. The molecule has 1 unspecified atom stereocenters. The van der Waals surface area contributed by atoms with Gasteiger partial charge < -0.3 is 4.74 Å². The van der Waals surface area contributed by atoms with Crippen molar-refractivity contribution in [2.75, 3.05) is 13.7 Å². The minimum absolute atomic E-state index is 0.221. The molecule has 1 aromatic carbocycles. The van der Waals surface area contributed by atoms with Crippen molar-refractivity contribution in [3.63, 3.8) is 0 Å². The van der Waals surface area contributed by atoms with Crippen molar-refractivity contribution in [2.45, 2.75) is 6.04 Å². The Balaban J connectivity index is 2.92. The summed E-state index contributed by atoms with van der Waals surface area (Å²) in [6, 6.07) is 2.86. The van der Waals surface area contributed by atoms with E-state index in [-0.39, 0.29) is 12.2 Å². The van der Waals surface area contributed by atoms with E-state index in [0.29, 0.717) is 0 Å². The van der Waals surface area contributed by atoms with E-state index in [2.05, 4.69) is 5.43 Å². The maximum absolute atomic E-state index is 13.2. The monoisotopic (exact) mass is 202 g/mol. The summed E-state index contributed by atoms with van der Waals surface area (Å²) in [4.78, 5) is 0. The average molecular weight is 202 g/mol. The summed E-state index contributed by atoms with van der Waals surface area (Å²) < 4.78 is 30.6. The third kappa shape index (κ3) is 2.47. The van der Waals surface area contributed by atoms with Crippen LogP contribution in [0.5, 0.6) is 0 Å². The summed E-state index contributed by atoms with van der Waals surface area (Å²) >= 11 is 0. The quantitative estimate of drug-likeness (QED) is 0.568. The molecule has 0 saturated carbocycles. The first-order valence-corrected chi connectivity index (χ1v) is 4.09. The van der Waals surface area contributed by atoms with Crippen molar-refractivity contribution in [1.82, 2.24) is 5.43 Å². The van der Waals surface area contributed by atoms with Crippen LogP contribution in [0.2, 0.25) is 0 Å². The molecule has 0 aliphatic heterocycles. The highest BCUT2D eigenvalue weighted by Gasteiger charge is 2.14. The molecule has 3 nitrogen and oxygen atoms in total. The van der Waals surface area contributed by atoms with Crippen LogP contribution in [0.15, 0.2) is 18.2 Å². The highest BCUT2D eigenvalue weighted by Crippen LogP contribution is 2.17. The van der Waals surface area contributed by atoms with Crippen LogP contribution >= 0.6 is 0 Å². The number of nitrogens with two attached hydrogens (primary N) is 1. The number of ether oxygens (including phenoxy) is 1. The van der Waals surface area contributed by atoms with Gasteiger partial charge in [0.05, 0.1) is 12.6 Å². The molecule has 1 atom stereocenters. The Morgan fingerprint density at radius 2 is 2.21 bits per heavy atom. The molecule has 0 aromatic heterocycles. The maximum Gasteiger partial charge on any atom is 0.131 e. The summed E-state index contributed by atoms with van der Waals surface area (Å²) in [5, 5.41) is 0. The highest BCUT2D eigenvalue weighted by molar-refractivity contribution is 5.22. The standard InChI is InChI=1S/C9H12F2N2O/c1-14-5-9(13-12)7-3-2-6(10)4-8(7)11/h2-4,9,13H,5,12H2,1H3. The van der Waals surface area contributed by atoms with Gasteiger partial charge in [-0.2, -0.15) is 0 Å². The molecule has 5 heteroatoms. The van der Waals surface area contributed by atoms with Gasteiger partial charge in [-0.05, 0) is 6.07 Å². The third-order valence-electron chi connectivity index (χ3n) is 1.87. The number of halogens is 2. The summed E-state index contributed by atoms with van der Waals surface area (Å²) in [7, 11) is 1.48. The summed E-state index contributed by atoms with van der Waals surface area (Å²) in [6.07, 6.45) is 0. The van der Waals surface area contributed by atoms with E-state index in [4.69, 9.17) is 10.6 Å². The lowest BCUT2D eigenvalue weighted by Gasteiger charge is -2.15. The predicted molar refractivity (Wildman–Crippen MR) is 48.3 cm³/mol. The van der Waals surface area contributed by atoms with Gasteiger partial charge in [0.1, 0.15) is 11.6 Å². The second-order valence-corrected chi connectivity index (χ2v) is 2.84. The Morgan fingerprint density at radius 1 is 1.50 bits per heavy atom. The van der Waals surface area contributed by atoms with Gasteiger partial charge >= 0.3 is 0 Å². The lowest BCUT2D eigenvalue weighted by atomic mass is 10.1. The molecule has 0 radical (unpaired) electrons. The van der Waals surface area contributed by atoms with E-state index in [1.165, 1.54) is 19.2 Å². The zero-order chi connectivity index (χ0) is 10.6. The zero-order valence-corrected chi connectivity index (χ0v) is 7.76. The summed E-state index contributed by atoms with van der Waals surface area (Å²) in [5.41, 5.74) is 2.68. The third-order valence-corrected chi connectivity index (χ3v) is 1.87. The minimum atomic E-state index is -0.634. The van der Waals surface area contributed by atoms with Gasteiger partial charge in [-0.15, -0.1) is 0 Å². The molecule has 0 aliphatic carbocycles. The Kier molecular flexibility index (Phi) is 3.94. The smallest absolute Gasteiger partial charge is 0.131 e. The van der Waals surface area contributed by atoms with E-state index < -0.39 is 17.7 Å². The normalized spacial score (nSPS) is 12.9. The van der Waals surface area contributed by atoms with Gasteiger partial charge in [0.15, 0.2) is 0 Å². The molecule has 3 N–H and O–H groups in total. The largest absolute Gasteiger partial charge is 0.383 e. The predicted octanol–water partition coefficient (Wildman–Crippen LogP) is 1.12. The number of hydrogen-bond acceptors (Lipinski definition) is 3. The molecule has 78 valence electrons. The maximum atomic E-state index is 13.2. The van der Waals surface area contributed by atoms with Gasteiger partial charge in [-0.3, -0.25) is 11.3 Å². The first-order chi connectivity index (χ1) is 6.69. The fourth-order valence-corrected chi connectivity index (χ4v) is 1.18. The fraction of sp³-hybridized carbons (Fsp3) is 0.333. The number of hydrogen-bond donors (Lipinski definition) is 2. The lowest BCUT2D eigenvalue weighted by molar-refractivity contribution is 0.165. The van der Waals surface area contributed by atoms with Crippen molar-refractivity contribution in [3.8, 4) is 0 Å². The molecule has 0 bridgehead atoms. The molecule has 0 saturated heterocycles. The van der Waals surface area contributed by atoms with Crippen LogP contribution in [0.4, 0.5) is 8.78 Å². The molecule has 0 aliphatic rings. The van der Waals surface area contributed by atoms with Gasteiger partial charge in [-0.1, -0.05) is 6.07 Å². The summed E-state index contributed by atoms with van der Waals surface area (Å²) in [6.45, 7) is 0.221. The molecular formula is C9H12F2N2O. The molecule has 0 spiro atoms. The van der Waals surface area contributed by atoms with Crippen molar-refractivity contribution in [3.05, 3.63) is 35.4 Å². The van der Waals surface area contributed by atoms with Crippen LogP contribution in [0.3, 0.4) is 0 Å². The Bertz CT molecular complexity index is 307. The van der Waals surface area contributed by atoms with Crippen LogP contribution in [0.1, 0.15) is 11.6 Å². The second kappa shape index (κ2) is 4.99. The molecule has 1 rings (SSSR count). The number of methoxy groups -OCH3 is 1. The van der Waals surface area contributed by atoms with Crippen LogP contribution in [-0.4, -0.2) is 13.7 Å². The van der Waals surface area contributed by atoms with Crippen molar-refractivity contribution in [1.29, 1.82) is 0 Å². The van der Waals surface area contributed by atoms with Crippen LogP contribution < -0.4 is 11.3 Å². The average Bonchev–Trinajstić information content (AvgIpc) is 2.15. The van der Waals surface area contributed by atoms with Gasteiger partial charge in [-0.25, -0.2) is 8.78 Å². The van der Waals surface area contributed by atoms with Crippen molar-refractivity contribution >= 4 is 0 Å². The van der Waals surface area contributed by atoms with Crippen LogP contribution in [0.25, 0.3) is 0 Å². The van der Waals surface area contributed by atoms with Gasteiger partial charge in [0.25, 0.3) is 0 Å². The van der Waals surface area contributed by atoms with Crippen molar-refractivity contribution in [2.24, 2.45) is 5.84 Å². The molecule has 14 heavy (non-hydrogen) atoms. The van der Waals surface area contributed by atoms with Crippen molar-refractivity contribution < 1.29 is 13.5 Å². The van der Waals surface area contributed by atoms with E-state index in [9.17, 15) is 8.78 Å². The Morgan fingerprint density at radius 3 is 2.71 bits per heavy atom. The van der Waals surface area contributed by atoms with E-state index in [1.807, 2.05) is 0 Å². The Hall–Kier alpha value is -1.04. The number of rotatable bonds is 4. The first kappa shape index (κ1) is 11.0. The van der Waals surface area contributed by atoms with Gasteiger partial charge in [0.2, 0.25) is 0 Å². The first-order valence-electron chi connectivity index (χ1n) is 4.09. The SMILES string of the molecule is COCC(NN)c1ccc(F)cc1F. The van der Waals surface area contributed by atoms with Crippen LogP contribution in [-0.2, 0) is 4.74 Å². The fourth-order valence-electron chi connectivity index (χ4n) is 1.18. The number of hydrazine groups is 1. The van der Waals surface area contributed by atoms with Gasteiger partial charge in [0, 0.05) is 18.7 Å². The number of benzene rings is 1. The van der Waals surface area contributed by atoms with E-state index in [0.717, 1.165) is 6.07 Å². The zero-order valence-electron chi connectivity index (χ0n) is 7.76. The minimum Gasteiger partial charge on any atom is -0.383 e. The second-order valence-electron chi connectivity index (χ2n) is 2.84. The molecule has 0 heterocycles. The van der Waals surface area contributed by atoms with E-state index >= 15 is 0 Å². The molecular weight excluding hydrogens is 190 g/mol. The van der Waals surface area contributed by atoms with Crippen LogP contribution in [0, 0.1) is 11.6 Å². The Labute approximate surface area is 80.8 Å². The number of nitrogens with one attached hydrogen (secondary N) is 1. The highest BCUT2D eigenvalue weighted by atomic mass is 19.1. The topological polar surface area (TPSA) is 47.3 Å². The molecule has 0 amide bonds. The molecule has 0 fully saturated rings.